The summed E-state index contributed by atoms with van der Waals surface area (Å²) in [5.41, 5.74) is 1.33. The fraction of sp³-hybridized carbons (Fsp3) is 0.429. The Hall–Kier alpha value is -2.28. The maximum atomic E-state index is 11.9. The van der Waals surface area contributed by atoms with E-state index in [4.69, 9.17) is 4.74 Å². The Morgan fingerprint density at radius 2 is 2.00 bits per heavy atom. The van der Waals surface area contributed by atoms with Crippen molar-refractivity contribution in [2.45, 2.75) is 12.8 Å². The van der Waals surface area contributed by atoms with Crippen molar-refractivity contribution < 1.29 is 9.53 Å². The van der Waals surface area contributed by atoms with Gasteiger partial charge in [0.05, 0.1) is 5.56 Å². The number of esters is 1. The van der Waals surface area contributed by atoms with Crippen LogP contribution in [0.3, 0.4) is 0 Å². The number of benzene rings is 1. The van der Waals surface area contributed by atoms with Gasteiger partial charge >= 0.3 is 5.97 Å². The Morgan fingerprint density at radius 1 is 1.24 bits per heavy atom. The van der Waals surface area contributed by atoms with Crippen molar-refractivity contribution >= 4 is 5.97 Å². The Balaban J connectivity index is 1.52. The van der Waals surface area contributed by atoms with E-state index in [1.807, 2.05) is 0 Å². The molecule has 0 spiro atoms. The average molecular weight is 287 g/mol. The van der Waals surface area contributed by atoms with E-state index in [9.17, 15) is 4.79 Å². The molecule has 0 bridgehead atoms. The highest BCUT2D eigenvalue weighted by Gasteiger charge is 2.13. The van der Waals surface area contributed by atoms with Gasteiger partial charge in [0.25, 0.3) is 0 Å². The highest BCUT2D eigenvalue weighted by Crippen LogP contribution is 2.14. The lowest BCUT2D eigenvalue weighted by atomic mass is 10.1. The van der Waals surface area contributed by atoms with E-state index in [-0.39, 0.29) is 5.97 Å². The molecule has 1 aromatic heterocycles. The molecule has 0 aliphatic carbocycles. The van der Waals surface area contributed by atoms with Crippen LogP contribution in [-0.2, 0) is 4.74 Å². The van der Waals surface area contributed by atoms with Gasteiger partial charge in [0, 0.05) is 12.1 Å². The van der Waals surface area contributed by atoms with Crippen LogP contribution in [0.4, 0.5) is 0 Å². The van der Waals surface area contributed by atoms with Crippen molar-refractivity contribution in [3.63, 3.8) is 0 Å². The molecule has 0 atom stereocenters. The van der Waals surface area contributed by atoms with Crippen LogP contribution in [0.2, 0.25) is 0 Å². The summed E-state index contributed by atoms with van der Waals surface area (Å²) in [6.07, 6.45) is 2.48. The summed E-state index contributed by atoms with van der Waals surface area (Å²) < 4.78 is 5.29. The summed E-state index contributed by atoms with van der Waals surface area (Å²) in [5, 5.41) is 13.7. The van der Waals surface area contributed by atoms with E-state index in [2.05, 4.69) is 25.5 Å². The number of carbonyl (C=O) groups is 1. The molecule has 0 amide bonds. The molecule has 7 nitrogen and oxygen atoms in total. The minimum absolute atomic E-state index is 0.297. The van der Waals surface area contributed by atoms with E-state index in [1.165, 1.54) is 12.8 Å². The normalized spacial score (nSPS) is 15.2. The topological polar surface area (TPSA) is 84.0 Å². The molecule has 2 heterocycles. The molecule has 2 aromatic rings. The first-order valence-electron chi connectivity index (χ1n) is 7.06. The van der Waals surface area contributed by atoms with Crippen molar-refractivity contribution in [3.05, 3.63) is 29.8 Å². The lowest BCUT2D eigenvalue weighted by molar-refractivity contribution is 0.0472. The molecule has 7 heteroatoms. The third-order valence-corrected chi connectivity index (χ3v) is 3.56. The lowest BCUT2D eigenvalue weighted by Gasteiger charge is -2.14. The summed E-state index contributed by atoms with van der Waals surface area (Å²) in [4.78, 5) is 14.2. The fourth-order valence-corrected chi connectivity index (χ4v) is 2.40. The monoisotopic (exact) mass is 287 g/mol. The summed E-state index contributed by atoms with van der Waals surface area (Å²) in [6.45, 7) is 3.46. The number of aromatic amines is 1. The van der Waals surface area contributed by atoms with E-state index in [1.54, 1.807) is 24.3 Å². The van der Waals surface area contributed by atoms with Crippen molar-refractivity contribution in [1.29, 1.82) is 0 Å². The van der Waals surface area contributed by atoms with Gasteiger partial charge in [-0.15, -0.1) is 10.2 Å². The quantitative estimate of drug-likeness (QED) is 0.830. The summed E-state index contributed by atoms with van der Waals surface area (Å²) in [6, 6.07) is 6.98. The third kappa shape index (κ3) is 3.43. The Kier molecular flexibility index (Phi) is 4.20. The van der Waals surface area contributed by atoms with Gasteiger partial charge < -0.3 is 4.74 Å². The molecule has 3 rings (SSSR count). The van der Waals surface area contributed by atoms with Crippen LogP contribution in [0.1, 0.15) is 23.2 Å². The molecule has 0 saturated carbocycles. The van der Waals surface area contributed by atoms with Crippen LogP contribution in [0.15, 0.2) is 24.3 Å². The zero-order valence-electron chi connectivity index (χ0n) is 11.7. The van der Waals surface area contributed by atoms with Gasteiger partial charge in [-0.3, -0.25) is 4.90 Å². The first-order chi connectivity index (χ1) is 10.3. The second-order valence-corrected chi connectivity index (χ2v) is 5.00. The Morgan fingerprint density at radius 3 is 2.67 bits per heavy atom. The second kappa shape index (κ2) is 6.45. The number of carbonyl (C=O) groups excluding carboxylic acids is 1. The molecule has 1 aliphatic rings. The molecule has 0 radical (unpaired) electrons. The van der Waals surface area contributed by atoms with Crippen molar-refractivity contribution in [2.75, 3.05) is 26.2 Å². The van der Waals surface area contributed by atoms with Gasteiger partial charge in [-0.05, 0) is 43.3 Å². The number of hydrogen-bond acceptors (Lipinski definition) is 6. The van der Waals surface area contributed by atoms with Crippen LogP contribution >= 0.6 is 0 Å². The largest absolute Gasteiger partial charge is 0.461 e. The molecule has 21 heavy (non-hydrogen) atoms. The number of hydrogen-bond donors (Lipinski definition) is 1. The highest BCUT2D eigenvalue weighted by atomic mass is 16.5. The lowest BCUT2D eigenvalue weighted by Crippen LogP contribution is -2.25. The highest BCUT2D eigenvalue weighted by molar-refractivity contribution is 5.89. The fourth-order valence-electron chi connectivity index (χ4n) is 2.40. The smallest absolute Gasteiger partial charge is 0.338 e. The predicted octanol–water partition coefficient (Wildman–Crippen LogP) is 1.12. The molecule has 1 fully saturated rings. The van der Waals surface area contributed by atoms with E-state index < -0.39 is 0 Å². The average Bonchev–Trinajstić information content (AvgIpc) is 3.21. The maximum absolute atomic E-state index is 11.9. The number of ether oxygens (including phenoxy) is 1. The first kappa shape index (κ1) is 13.7. The molecule has 1 aromatic carbocycles. The van der Waals surface area contributed by atoms with Gasteiger partial charge in [-0.2, -0.15) is 5.21 Å². The van der Waals surface area contributed by atoms with Crippen LogP contribution in [0.25, 0.3) is 11.4 Å². The third-order valence-electron chi connectivity index (χ3n) is 3.56. The summed E-state index contributed by atoms with van der Waals surface area (Å²) in [7, 11) is 0. The molecule has 1 N–H and O–H groups in total. The number of tetrazole rings is 1. The zero-order valence-corrected chi connectivity index (χ0v) is 11.7. The van der Waals surface area contributed by atoms with Gasteiger partial charge in [-0.1, -0.05) is 12.1 Å². The van der Waals surface area contributed by atoms with E-state index >= 15 is 0 Å². The van der Waals surface area contributed by atoms with Gasteiger partial charge in [0.15, 0.2) is 0 Å². The summed E-state index contributed by atoms with van der Waals surface area (Å²) >= 11 is 0. The van der Waals surface area contributed by atoms with Crippen LogP contribution in [-0.4, -0.2) is 57.7 Å². The van der Waals surface area contributed by atoms with Crippen molar-refractivity contribution in [1.82, 2.24) is 25.5 Å². The van der Waals surface area contributed by atoms with Crippen molar-refractivity contribution in [2.24, 2.45) is 0 Å². The Bertz CT molecular complexity index is 576. The van der Waals surface area contributed by atoms with E-state index in [0.717, 1.165) is 25.2 Å². The second-order valence-electron chi connectivity index (χ2n) is 5.00. The van der Waals surface area contributed by atoms with Crippen LogP contribution in [0.5, 0.6) is 0 Å². The van der Waals surface area contributed by atoms with Crippen LogP contribution in [0, 0.1) is 0 Å². The number of nitrogens with one attached hydrogen (secondary N) is 1. The molecular formula is C14H17N5O2. The van der Waals surface area contributed by atoms with Crippen molar-refractivity contribution in [3.8, 4) is 11.4 Å². The number of aromatic nitrogens is 4. The minimum Gasteiger partial charge on any atom is -0.461 e. The standard InChI is InChI=1S/C14H17N5O2/c20-14(21-10-9-19-7-1-2-8-19)12-5-3-11(4-6-12)13-15-17-18-16-13/h3-6H,1-2,7-10H2,(H,15,16,17,18). The number of rotatable bonds is 5. The zero-order chi connectivity index (χ0) is 14.5. The molecular weight excluding hydrogens is 270 g/mol. The molecule has 110 valence electrons. The minimum atomic E-state index is -0.297. The number of H-pyrrole nitrogens is 1. The van der Waals surface area contributed by atoms with Gasteiger partial charge in [0.1, 0.15) is 6.61 Å². The van der Waals surface area contributed by atoms with Gasteiger partial charge in [0.2, 0.25) is 5.82 Å². The predicted molar refractivity (Wildman–Crippen MR) is 75.6 cm³/mol. The molecule has 1 saturated heterocycles. The molecule has 1 aliphatic heterocycles. The first-order valence-corrected chi connectivity index (χ1v) is 7.06. The maximum Gasteiger partial charge on any atom is 0.338 e. The summed E-state index contributed by atoms with van der Waals surface area (Å²) in [5.74, 6) is 0.206. The number of likely N-dealkylation sites (tertiary alicyclic amines) is 1. The molecule has 0 unspecified atom stereocenters. The number of nitrogens with zero attached hydrogens (tertiary/aromatic N) is 4. The van der Waals surface area contributed by atoms with E-state index in [0.29, 0.717) is 18.0 Å². The van der Waals surface area contributed by atoms with Crippen LogP contribution < -0.4 is 0 Å². The SMILES string of the molecule is O=C(OCCN1CCCC1)c1ccc(-c2nn[nH]n2)cc1. The Labute approximate surface area is 122 Å². The van der Waals surface area contributed by atoms with Gasteiger partial charge in [-0.25, -0.2) is 4.79 Å².